The van der Waals surface area contributed by atoms with Crippen LogP contribution in [0.15, 0.2) is 108 Å². The zero-order chi connectivity index (χ0) is 24.9. The highest BCUT2D eigenvalue weighted by Crippen LogP contribution is 2.53. The van der Waals surface area contributed by atoms with Gasteiger partial charge >= 0.3 is 0 Å². The first-order valence-corrected chi connectivity index (χ1v) is 12.6. The first-order valence-electron chi connectivity index (χ1n) is 12.6. The second kappa shape index (κ2) is 6.95. The molecule has 0 aliphatic carbocycles. The lowest BCUT2D eigenvalue weighted by Crippen LogP contribution is -2.30. The molecule has 37 heavy (non-hydrogen) atoms. The smallest absolute Gasteiger partial charge is 0.264 e. The van der Waals surface area contributed by atoms with Gasteiger partial charge in [-0.05, 0) is 47.5 Å². The Morgan fingerprint density at radius 3 is 2.03 bits per heavy atom. The molecular formula is C33H23N3O. The van der Waals surface area contributed by atoms with Crippen LogP contribution in [0.25, 0.3) is 38.2 Å². The van der Waals surface area contributed by atoms with Gasteiger partial charge in [0, 0.05) is 27.0 Å². The largest absolute Gasteiger partial charge is 0.309 e. The minimum atomic E-state index is -0.128. The highest BCUT2D eigenvalue weighted by atomic mass is 16.1. The molecule has 176 valence electrons. The lowest BCUT2D eigenvalue weighted by Gasteiger charge is -2.42. The normalized spacial score (nSPS) is 14.5. The van der Waals surface area contributed by atoms with E-state index in [4.69, 9.17) is 4.98 Å². The van der Waals surface area contributed by atoms with E-state index >= 15 is 0 Å². The molecule has 0 saturated heterocycles. The van der Waals surface area contributed by atoms with Crippen molar-refractivity contribution in [2.75, 3.05) is 4.90 Å². The number of benzene rings is 5. The minimum absolute atomic E-state index is 0.0282. The lowest BCUT2D eigenvalue weighted by molar-refractivity contribution is 0.632. The van der Waals surface area contributed by atoms with E-state index in [2.05, 4.69) is 91.5 Å². The van der Waals surface area contributed by atoms with E-state index in [9.17, 15) is 4.79 Å². The molecule has 0 fully saturated rings. The molecule has 5 aromatic carbocycles. The van der Waals surface area contributed by atoms with E-state index in [1.54, 1.807) is 4.40 Å². The van der Waals surface area contributed by atoms with Gasteiger partial charge in [-0.15, -0.1) is 0 Å². The van der Waals surface area contributed by atoms with Crippen LogP contribution >= 0.6 is 0 Å². The molecule has 1 aliphatic heterocycles. The molecule has 7 aromatic rings. The van der Waals surface area contributed by atoms with Crippen molar-refractivity contribution in [3.63, 3.8) is 0 Å². The quantitative estimate of drug-likeness (QED) is 0.243. The number of anilines is 3. The van der Waals surface area contributed by atoms with Crippen molar-refractivity contribution in [2.45, 2.75) is 19.3 Å². The van der Waals surface area contributed by atoms with Crippen molar-refractivity contribution < 1.29 is 0 Å². The second-order valence-electron chi connectivity index (χ2n) is 10.4. The number of fused-ring (bicyclic) bond motifs is 6. The van der Waals surface area contributed by atoms with Crippen molar-refractivity contribution in [3.8, 4) is 0 Å². The molecule has 0 atom stereocenters. The van der Waals surface area contributed by atoms with Crippen molar-refractivity contribution in [1.82, 2.24) is 9.38 Å². The van der Waals surface area contributed by atoms with E-state index in [0.717, 1.165) is 32.9 Å². The molecule has 8 rings (SSSR count). The first kappa shape index (κ1) is 20.5. The van der Waals surface area contributed by atoms with Crippen LogP contribution in [0.3, 0.4) is 0 Å². The minimum Gasteiger partial charge on any atom is -0.309 e. The van der Waals surface area contributed by atoms with E-state index in [-0.39, 0.29) is 11.0 Å². The van der Waals surface area contributed by atoms with Gasteiger partial charge in [-0.3, -0.25) is 9.20 Å². The molecule has 2 aromatic heterocycles. The predicted octanol–water partition coefficient (Wildman–Crippen LogP) is 7.70. The Morgan fingerprint density at radius 1 is 0.622 bits per heavy atom. The van der Waals surface area contributed by atoms with E-state index in [1.807, 2.05) is 30.3 Å². The second-order valence-corrected chi connectivity index (χ2v) is 10.4. The molecule has 3 heterocycles. The van der Waals surface area contributed by atoms with Crippen LogP contribution < -0.4 is 10.5 Å². The maximum atomic E-state index is 13.8. The number of hydrogen-bond acceptors (Lipinski definition) is 3. The molecule has 4 nitrogen and oxygen atoms in total. The van der Waals surface area contributed by atoms with Gasteiger partial charge in [0.15, 0.2) is 0 Å². The van der Waals surface area contributed by atoms with Gasteiger partial charge in [0.2, 0.25) is 0 Å². The number of aromatic nitrogens is 2. The Hall–Kier alpha value is -4.70. The van der Waals surface area contributed by atoms with Crippen molar-refractivity contribution in [3.05, 3.63) is 125 Å². The number of hydrogen-bond donors (Lipinski definition) is 0. The van der Waals surface area contributed by atoms with Gasteiger partial charge in [-0.25, -0.2) is 4.98 Å². The van der Waals surface area contributed by atoms with Crippen LogP contribution in [0.5, 0.6) is 0 Å². The van der Waals surface area contributed by atoms with Crippen LogP contribution in [-0.2, 0) is 5.41 Å². The summed E-state index contributed by atoms with van der Waals surface area (Å²) in [7, 11) is 0. The average molecular weight is 478 g/mol. The zero-order valence-corrected chi connectivity index (χ0v) is 20.6. The number of imidazole rings is 1. The molecule has 0 amide bonds. The zero-order valence-electron chi connectivity index (χ0n) is 20.6. The molecule has 4 heteroatoms. The Bertz CT molecular complexity index is 2050. The maximum absolute atomic E-state index is 13.8. The van der Waals surface area contributed by atoms with Crippen LogP contribution in [0.2, 0.25) is 0 Å². The van der Waals surface area contributed by atoms with E-state index in [1.165, 1.54) is 22.5 Å². The number of para-hydroxylation sites is 4. The van der Waals surface area contributed by atoms with Crippen LogP contribution in [0.1, 0.15) is 25.0 Å². The summed E-state index contributed by atoms with van der Waals surface area (Å²) in [5.74, 6) is 0. The van der Waals surface area contributed by atoms with Gasteiger partial charge in [0.25, 0.3) is 5.56 Å². The van der Waals surface area contributed by atoms with E-state index < -0.39 is 0 Å². The Kier molecular flexibility index (Phi) is 3.85. The topological polar surface area (TPSA) is 37.6 Å². The van der Waals surface area contributed by atoms with Crippen LogP contribution in [0.4, 0.5) is 17.1 Å². The predicted molar refractivity (Wildman–Crippen MR) is 152 cm³/mol. The van der Waals surface area contributed by atoms with Crippen molar-refractivity contribution in [1.29, 1.82) is 0 Å². The van der Waals surface area contributed by atoms with Gasteiger partial charge in [0.1, 0.15) is 5.65 Å². The van der Waals surface area contributed by atoms with Crippen molar-refractivity contribution >= 4 is 55.3 Å². The molecular weight excluding hydrogens is 454 g/mol. The molecule has 0 saturated carbocycles. The number of rotatable bonds is 1. The number of pyridine rings is 1. The SMILES string of the molecule is CC1(C)c2ccccc2N(c2ccc3c(=O)n4c5ccccc5nc4c4cccc2c34)c2ccccc21. The highest BCUT2D eigenvalue weighted by Gasteiger charge is 2.37. The van der Waals surface area contributed by atoms with Gasteiger partial charge < -0.3 is 4.90 Å². The summed E-state index contributed by atoms with van der Waals surface area (Å²) in [6, 6.07) is 35.6. The Balaban J connectivity index is 1.52. The third kappa shape index (κ3) is 2.52. The van der Waals surface area contributed by atoms with Crippen LogP contribution in [0, 0.1) is 0 Å². The molecule has 0 radical (unpaired) electrons. The first-order chi connectivity index (χ1) is 18.1. The third-order valence-electron chi connectivity index (χ3n) is 8.13. The maximum Gasteiger partial charge on any atom is 0.264 e. The van der Waals surface area contributed by atoms with Gasteiger partial charge in [-0.2, -0.15) is 0 Å². The van der Waals surface area contributed by atoms with Gasteiger partial charge in [0.05, 0.1) is 28.1 Å². The molecule has 0 bridgehead atoms. The Morgan fingerprint density at radius 2 is 1.27 bits per heavy atom. The highest BCUT2D eigenvalue weighted by molar-refractivity contribution is 6.19. The summed E-state index contributed by atoms with van der Waals surface area (Å²) in [6.07, 6.45) is 0. The summed E-state index contributed by atoms with van der Waals surface area (Å²) in [5, 5.41) is 3.71. The molecule has 0 unspecified atom stereocenters. The summed E-state index contributed by atoms with van der Waals surface area (Å²) in [6.45, 7) is 4.59. The van der Waals surface area contributed by atoms with Gasteiger partial charge in [-0.1, -0.05) is 80.6 Å². The molecule has 1 aliphatic rings. The van der Waals surface area contributed by atoms with Crippen LogP contribution in [-0.4, -0.2) is 9.38 Å². The monoisotopic (exact) mass is 477 g/mol. The Labute approximate surface area is 213 Å². The fraction of sp³-hybridized carbons (Fsp3) is 0.0909. The average Bonchev–Trinajstić information content (AvgIpc) is 3.32. The third-order valence-corrected chi connectivity index (χ3v) is 8.13. The number of nitrogens with zero attached hydrogens (tertiary/aromatic N) is 3. The molecule has 0 spiro atoms. The molecule has 0 N–H and O–H groups in total. The lowest BCUT2D eigenvalue weighted by atomic mass is 9.73. The summed E-state index contributed by atoms with van der Waals surface area (Å²) in [4.78, 5) is 21.1. The standard InChI is InChI=1S/C33H23N3O/c1-33(2)23-12-3-6-15-27(23)35(28-16-7-4-13-24(28)33)26-19-18-22-30-20(26)10-9-11-21(30)31-34-25-14-5-8-17-29(25)36(31)32(22)37/h3-19H,1-2H3. The fourth-order valence-electron chi connectivity index (χ4n) is 6.41. The van der Waals surface area contributed by atoms with Crippen molar-refractivity contribution in [2.24, 2.45) is 0 Å². The summed E-state index contributed by atoms with van der Waals surface area (Å²) < 4.78 is 1.76. The summed E-state index contributed by atoms with van der Waals surface area (Å²) in [5.41, 5.74) is 8.19. The van der Waals surface area contributed by atoms with E-state index in [0.29, 0.717) is 11.0 Å². The summed E-state index contributed by atoms with van der Waals surface area (Å²) >= 11 is 0. The fourth-order valence-corrected chi connectivity index (χ4v) is 6.41.